The Labute approximate surface area is 151 Å². The van der Waals surface area contributed by atoms with Gasteiger partial charge in [0.05, 0.1) is 0 Å². The highest BCUT2D eigenvalue weighted by atomic mass is 16.1. The summed E-state index contributed by atoms with van der Waals surface area (Å²) < 4.78 is 0. The van der Waals surface area contributed by atoms with Gasteiger partial charge in [0.2, 0.25) is 5.91 Å². The smallest absolute Gasteiger partial charge is 0.220 e. The van der Waals surface area contributed by atoms with Crippen LogP contribution in [0.5, 0.6) is 0 Å². The molecule has 2 saturated heterocycles. The molecular formula is C20H32N4O. The van der Waals surface area contributed by atoms with E-state index in [9.17, 15) is 4.79 Å². The van der Waals surface area contributed by atoms with E-state index in [0.29, 0.717) is 12.3 Å². The molecule has 1 amide bonds. The molecule has 1 atom stereocenters. The van der Waals surface area contributed by atoms with Gasteiger partial charge in [-0.2, -0.15) is 0 Å². The van der Waals surface area contributed by atoms with Crippen molar-refractivity contribution in [3.05, 3.63) is 30.3 Å². The normalized spacial score (nSPS) is 21.4. The Morgan fingerprint density at radius 1 is 1.16 bits per heavy atom. The Morgan fingerprint density at radius 3 is 2.68 bits per heavy atom. The number of para-hydroxylation sites is 1. The van der Waals surface area contributed by atoms with Gasteiger partial charge in [-0.15, -0.1) is 0 Å². The Balaban J connectivity index is 1.23. The summed E-state index contributed by atoms with van der Waals surface area (Å²) in [7, 11) is 0. The van der Waals surface area contributed by atoms with Crippen LogP contribution in [0.1, 0.15) is 25.7 Å². The van der Waals surface area contributed by atoms with Crippen LogP contribution in [0, 0.1) is 5.92 Å². The van der Waals surface area contributed by atoms with Gasteiger partial charge in [0, 0.05) is 44.8 Å². The number of carbonyl (C=O) groups is 1. The zero-order chi connectivity index (χ0) is 17.3. The van der Waals surface area contributed by atoms with Crippen molar-refractivity contribution in [3.8, 4) is 0 Å². The Hall–Kier alpha value is -1.59. The maximum absolute atomic E-state index is 11.9. The maximum atomic E-state index is 11.9. The number of hydrogen-bond acceptors (Lipinski definition) is 4. The van der Waals surface area contributed by atoms with Gasteiger partial charge in [0.15, 0.2) is 0 Å². The van der Waals surface area contributed by atoms with Crippen LogP contribution >= 0.6 is 0 Å². The number of piperazine rings is 1. The van der Waals surface area contributed by atoms with E-state index < -0.39 is 0 Å². The van der Waals surface area contributed by atoms with Crippen molar-refractivity contribution in [1.29, 1.82) is 0 Å². The molecule has 3 rings (SSSR count). The Morgan fingerprint density at radius 2 is 1.96 bits per heavy atom. The van der Waals surface area contributed by atoms with Crippen molar-refractivity contribution in [3.63, 3.8) is 0 Å². The van der Waals surface area contributed by atoms with Crippen LogP contribution in [0.2, 0.25) is 0 Å². The lowest BCUT2D eigenvalue weighted by molar-refractivity contribution is -0.121. The summed E-state index contributed by atoms with van der Waals surface area (Å²) in [6.07, 6.45) is 3.98. The zero-order valence-corrected chi connectivity index (χ0v) is 15.3. The number of hydrogen-bond donors (Lipinski definition) is 2. The fourth-order valence-corrected chi connectivity index (χ4v) is 3.78. The minimum Gasteiger partial charge on any atom is -0.369 e. The summed E-state index contributed by atoms with van der Waals surface area (Å²) in [6, 6.07) is 10.7. The topological polar surface area (TPSA) is 47.6 Å². The molecule has 1 aromatic carbocycles. The maximum Gasteiger partial charge on any atom is 0.220 e. The van der Waals surface area contributed by atoms with E-state index >= 15 is 0 Å². The van der Waals surface area contributed by atoms with Crippen LogP contribution in [0.3, 0.4) is 0 Å². The summed E-state index contributed by atoms with van der Waals surface area (Å²) >= 11 is 0. The first-order valence-electron chi connectivity index (χ1n) is 9.81. The van der Waals surface area contributed by atoms with E-state index in [1.54, 1.807) is 0 Å². The molecule has 2 heterocycles. The molecule has 25 heavy (non-hydrogen) atoms. The van der Waals surface area contributed by atoms with Gasteiger partial charge in [0.1, 0.15) is 0 Å². The molecule has 0 radical (unpaired) electrons. The first-order chi connectivity index (χ1) is 12.3. The van der Waals surface area contributed by atoms with E-state index in [4.69, 9.17) is 0 Å². The summed E-state index contributed by atoms with van der Waals surface area (Å²) in [5.74, 6) is 0.924. The molecule has 5 heteroatoms. The lowest BCUT2D eigenvalue weighted by Gasteiger charge is -2.36. The van der Waals surface area contributed by atoms with Gasteiger partial charge in [0.25, 0.3) is 0 Å². The number of carbonyl (C=O) groups excluding carboxylic acids is 1. The van der Waals surface area contributed by atoms with Crippen molar-refractivity contribution >= 4 is 11.6 Å². The van der Waals surface area contributed by atoms with Gasteiger partial charge in [-0.1, -0.05) is 18.2 Å². The molecule has 0 aliphatic carbocycles. The van der Waals surface area contributed by atoms with Crippen LogP contribution < -0.4 is 15.5 Å². The summed E-state index contributed by atoms with van der Waals surface area (Å²) in [6.45, 7) is 8.48. The predicted octanol–water partition coefficient (Wildman–Crippen LogP) is 1.70. The standard InChI is InChI=1S/C20H32N4O/c25-20(8-7-18-9-11-21-17-18)22-10-4-12-23-13-15-24(16-14-23)19-5-2-1-3-6-19/h1-3,5-6,18,21H,4,7-17H2,(H,22,25). The molecule has 2 aliphatic heterocycles. The average Bonchev–Trinajstić information content (AvgIpc) is 3.18. The highest BCUT2D eigenvalue weighted by Gasteiger charge is 2.17. The molecule has 0 saturated carbocycles. The molecule has 0 bridgehead atoms. The molecule has 1 unspecified atom stereocenters. The summed E-state index contributed by atoms with van der Waals surface area (Å²) in [4.78, 5) is 16.9. The Bertz CT molecular complexity index is 508. The Kier molecular flexibility index (Phi) is 7.12. The third-order valence-electron chi connectivity index (χ3n) is 5.41. The minimum absolute atomic E-state index is 0.223. The number of rotatable bonds is 8. The second kappa shape index (κ2) is 9.78. The second-order valence-corrected chi connectivity index (χ2v) is 7.27. The quantitative estimate of drug-likeness (QED) is 0.705. The SMILES string of the molecule is O=C(CCC1CCNC1)NCCCN1CCN(c2ccccc2)CC1. The van der Waals surface area contributed by atoms with E-state index in [1.165, 1.54) is 12.1 Å². The third kappa shape index (κ3) is 6.01. The lowest BCUT2D eigenvalue weighted by atomic mass is 10.0. The number of nitrogens with zero attached hydrogens (tertiary/aromatic N) is 2. The van der Waals surface area contributed by atoms with Crippen LogP contribution in [0.4, 0.5) is 5.69 Å². The zero-order valence-electron chi connectivity index (χ0n) is 15.3. The monoisotopic (exact) mass is 344 g/mol. The number of benzene rings is 1. The first kappa shape index (κ1) is 18.2. The van der Waals surface area contributed by atoms with Crippen molar-refractivity contribution in [1.82, 2.24) is 15.5 Å². The van der Waals surface area contributed by atoms with Crippen LogP contribution in [0.15, 0.2) is 30.3 Å². The predicted molar refractivity (Wildman–Crippen MR) is 103 cm³/mol. The molecule has 0 spiro atoms. The molecule has 5 nitrogen and oxygen atoms in total. The second-order valence-electron chi connectivity index (χ2n) is 7.27. The number of nitrogens with one attached hydrogen (secondary N) is 2. The van der Waals surface area contributed by atoms with Gasteiger partial charge in [-0.3, -0.25) is 9.69 Å². The molecule has 2 aliphatic rings. The van der Waals surface area contributed by atoms with Crippen molar-refractivity contribution in [2.75, 3.05) is 57.3 Å². The third-order valence-corrected chi connectivity index (χ3v) is 5.41. The lowest BCUT2D eigenvalue weighted by Crippen LogP contribution is -2.47. The first-order valence-corrected chi connectivity index (χ1v) is 9.81. The molecule has 138 valence electrons. The van der Waals surface area contributed by atoms with E-state index in [-0.39, 0.29) is 5.91 Å². The molecule has 2 fully saturated rings. The van der Waals surface area contributed by atoms with Crippen LogP contribution in [-0.2, 0) is 4.79 Å². The highest BCUT2D eigenvalue weighted by Crippen LogP contribution is 2.16. The summed E-state index contributed by atoms with van der Waals surface area (Å²) in [5.41, 5.74) is 1.33. The van der Waals surface area contributed by atoms with Crippen molar-refractivity contribution in [2.45, 2.75) is 25.7 Å². The average molecular weight is 345 g/mol. The largest absolute Gasteiger partial charge is 0.369 e. The molecule has 2 N–H and O–H groups in total. The van der Waals surface area contributed by atoms with Crippen LogP contribution in [-0.4, -0.2) is 63.2 Å². The highest BCUT2D eigenvalue weighted by molar-refractivity contribution is 5.75. The fraction of sp³-hybridized carbons (Fsp3) is 0.650. The van der Waals surface area contributed by atoms with Gasteiger partial charge in [-0.25, -0.2) is 0 Å². The van der Waals surface area contributed by atoms with Crippen molar-refractivity contribution < 1.29 is 4.79 Å². The van der Waals surface area contributed by atoms with Gasteiger partial charge < -0.3 is 15.5 Å². The van der Waals surface area contributed by atoms with E-state index in [0.717, 1.165) is 65.2 Å². The molecular weight excluding hydrogens is 312 g/mol. The van der Waals surface area contributed by atoms with E-state index in [1.807, 2.05) is 0 Å². The van der Waals surface area contributed by atoms with Gasteiger partial charge in [-0.05, 0) is 56.9 Å². The molecule has 0 aromatic heterocycles. The van der Waals surface area contributed by atoms with Crippen molar-refractivity contribution in [2.24, 2.45) is 5.92 Å². The molecule has 1 aromatic rings. The minimum atomic E-state index is 0.223. The fourth-order valence-electron chi connectivity index (χ4n) is 3.78. The number of amides is 1. The van der Waals surface area contributed by atoms with Gasteiger partial charge >= 0.3 is 0 Å². The van der Waals surface area contributed by atoms with Crippen LogP contribution in [0.25, 0.3) is 0 Å². The number of anilines is 1. The van der Waals surface area contributed by atoms with E-state index in [2.05, 4.69) is 50.8 Å². The summed E-state index contributed by atoms with van der Waals surface area (Å²) in [5, 5.41) is 6.44.